The highest BCUT2D eigenvalue weighted by atomic mass is 32.2. The highest BCUT2D eigenvalue weighted by Gasteiger charge is 2.26. The first-order valence-corrected chi connectivity index (χ1v) is 7.22. The van der Waals surface area contributed by atoms with Gasteiger partial charge in [-0.3, -0.25) is 4.79 Å². The molecule has 0 heterocycles. The third-order valence-corrected chi connectivity index (χ3v) is 4.02. The molecule has 1 aromatic carbocycles. The lowest BCUT2D eigenvalue weighted by atomic mass is 10.3. The molecule has 0 aromatic heterocycles. The minimum atomic E-state index is -4.33. The fourth-order valence-electron chi connectivity index (χ4n) is 1.43. The number of hydrogen-bond donors (Lipinski definition) is 3. The van der Waals surface area contributed by atoms with E-state index in [4.69, 9.17) is 5.73 Å². The van der Waals surface area contributed by atoms with Crippen LogP contribution in [0.4, 0.5) is 14.5 Å². The summed E-state index contributed by atoms with van der Waals surface area (Å²) in [5.74, 6) is -3.01. The number of halogens is 2. The van der Waals surface area contributed by atoms with E-state index in [0.29, 0.717) is 6.54 Å². The van der Waals surface area contributed by atoms with Crippen LogP contribution in [0.2, 0.25) is 0 Å². The molecule has 1 unspecified atom stereocenters. The van der Waals surface area contributed by atoms with Gasteiger partial charge in [-0.15, -0.1) is 0 Å². The largest absolute Gasteiger partial charge is 0.394 e. The summed E-state index contributed by atoms with van der Waals surface area (Å²) in [6.45, 7) is 3.29. The average molecular weight is 307 g/mol. The van der Waals surface area contributed by atoms with Gasteiger partial charge in [-0.25, -0.2) is 17.2 Å². The second-order valence-corrected chi connectivity index (χ2v) is 5.69. The predicted octanol–water partition coefficient (Wildman–Crippen LogP) is 0.350. The van der Waals surface area contributed by atoms with Crippen LogP contribution in [0.1, 0.15) is 13.8 Å². The molecule has 0 aliphatic rings. The van der Waals surface area contributed by atoms with E-state index < -0.39 is 44.2 Å². The van der Waals surface area contributed by atoms with E-state index in [-0.39, 0.29) is 0 Å². The number of likely N-dealkylation sites (N-methyl/N-ethyl adjacent to an activating group) is 1. The Bertz CT molecular complexity index is 620. The van der Waals surface area contributed by atoms with Crippen LogP contribution in [0.25, 0.3) is 0 Å². The first kappa shape index (κ1) is 16.3. The zero-order valence-electron chi connectivity index (χ0n) is 10.9. The molecule has 0 spiro atoms. The Kier molecular flexibility index (Phi) is 5.01. The molecule has 1 aromatic rings. The summed E-state index contributed by atoms with van der Waals surface area (Å²) in [5.41, 5.74) is 4.21. The minimum Gasteiger partial charge on any atom is -0.394 e. The Balaban J connectivity index is 3.07. The topological polar surface area (TPSA) is 101 Å². The lowest BCUT2D eigenvalue weighted by Crippen LogP contribution is -2.44. The molecule has 0 saturated heterocycles. The van der Waals surface area contributed by atoms with Crippen molar-refractivity contribution in [3.05, 3.63) is 23.8 Å². The van der Waals surface area contributed by atoms with Gasteiger partial charge < -0.3 is 11.1 Å². The first-order chi connectivity index (χ1) is 9.20. The predicted molar refractivity (Wildman–Crippen MR) is 69.2 cm³/mol. The van der Waals surface area contributed by atoms with Gasteiger partial charge in [0.15, 0.2) is 5.82 Å². The van der Waals surface area contributed by atoms with E-state index >= 15 is 0 Å². The van der Waals surface area contributed by atoms with E-state index in [1.807, 2.05) is 4.72 Å². The van der Waals surface area contributed by atoms with E-state index in [9.17, 15) is 22.0 Å². The standard InChI is InChI=1S/C11H15F2N3O3S/c1-3-15-11(17)6(2)16-20(18,19)8-5-4-7(12)10(14)9(8)13/h4-6,16H,3,14H2,1-2H3,(H,15,17). The van der Waals surface area contributed by atoms with Gasteiger partial charge in [0.25, 0.3) is 0 Å². The Morgan fingerprint density at radius 2 is 2.00 bits per heavy atom. The highest BCUT2D eigenvalue weighted by Crippen LogP contribution is 2.22. The smallest absolute Gasteiger partial charge is 0.244 e. The number of hydrogen-bond acceptors (Lipinski definition) is 4. The number of nitrogen functional groups attached to an aromatic ring is 1. The van der Waals surface area contributed by atoms with Gasteiger partial charge >= 0.3 is 0 Å². The molecule has 0 aliphatic carbocycles. The number of sulfonamides is 1. The van der Waals surface area contributed by atoms with Crippen molar-refractivity contribution in [3.63, 3.8) is 0 Å². The van der Waals surface area contributed by atoms with Crippen molar-refractivity contribution in [2.75, 3.05) is 12.3 Å². The Morgan fingerprint density at radius 1 is 1.40 bits per heavy atom. The maximum atomic E-state index is 13.7. The Labute approximate surface area is 115 Å². The fraction of sp³-hybridized carbons (Fsp3) is 0.364. The summed E-state index contributed by atoms with van der Waals surface area (Å²) in [6.07, 6.45) is 0. The van der Waals surface area contributed by atoms with Gasteiger partial charge in [-0.1, -0.05) is 0 Å². The van der Waals surface area contributed by atoms with Gasteiger partial charge in [0, 0.05) is 6.54 Å². The van der Waals surface area contributed by atoms with Crippen LogP contribution in [0.15, 0.2) is 17.0 Å². The molecule has 9 heteroatoms. The van der Waals surface area contributed by atoms with Gasteiger partial charge in [-0.05, 0) is 26.0 Å². The maximum Gasteiger partial charge on any atom is 0.244 e. The molecule has 1 atom stereocenters. The first-order valence-electron chi connectivity index (χ1n) is 5.74. The third-order valence-electron chi connectivity index (χ3n) is 2.46. The summed E-state index contributed by atoms with van der Waals surface area (Å²) in [4.78, 5) is 10.6. The van der Waals surface area contributed by atoms with Crippen LogP contribution in [0.3, 0.4) is 0 Å². The molecule has 1 amide bonds. The summed E-state index contributed by atoms with van der Waals surface area (Å²) < 4.78 is 52.5. The third kappa shape index (κ3) is 3.42. The van der Waals surface area contributed by atoms with Crippen LogP contribution in [-0.2, 0) is 14.8 Å². The summed E-state index contributed by atoms with van der Waals surface area (Å²) in [6, 6.07) is 0.378. The number of amides is 1. The van der Waals surface area contributed by atoms with Crippen molar-refractivity contribution in [2.24, 2.45) is 0 Å². The fourth-order valence-corrected chi connectivity index (χ4v) is 2.73. The molecule has 20 heavy (non-hydrogen) atoms. The van der Waals surface area contributed by atoms with Gasteiger partial charge in [0.1, 0.15) is 16.4 Å². The number of rotatable bonds is 5. The van der Waals surface area contributed by atoms with E-state index in [1.54, 1.807) is 6.92 Å². The molecule has 0 saturated carbocycles. The second kappa shape index (κ2) is 6.14. The normalized spacial score (nSPS) is 13.0. The quantitative estimate of drug-likeness (QED) is 0.683. The van der Waals surface area contributed by atoms with Crippen LogP contribution >= 0.6 is 0 Å². The molecular formula is C11H15F2N3O3S. The molecule has 4 N–H and O–H groups in total. The molecule has 6 nitrogen and oxygen atoms in total. The number of carbonyl (C=O) groups is 1. The van der Waals surface area contributed by atoms with Crippen molar-refractivity contribution >= 4 is 21.6 Å². The highest BCUT2D eigenvalue weighted by molar-refractivity contribution is 7.89. The van der Waals surface area contributed by atoms with Crippen LogP contribution in [-0.4, -0.2) is 26.9 Å². The van der Waals surface area contributed by atoms with Gasteiger partial charge in [0.05, 0.1) is 6.04 Å². The molecule has 0 fully saturated rings. The number of benzene rings is 1. The van der Waals surface area contributed by atoms with Crippen LogP contribution in [0.5, 0.6) is 0 Å². The Hall–Kier alpha value is -1.74. The van der Waals surface area contributed by atoms with Crippen LogP contribution < -0.4 is 15.8 Å². The SMILES string of the molecule is CCNC(=O)C(C)NS(=O)(=O)c1ccc(F)c(N)c1F. The lowest BCUT2D eigenvalue weighted by molar-refractivity contribution is -0.122. The summed E-state index contributed by atoms with van der Waals surface area (Å²) in [7, 11) is -4.33. The molecule has 0 bridgehead atoms. The average Bonchev–Trinajstić information content (AvgIpc) is 2.35. The zero-order chi connectivity index (χ0) is 15.5. The molecule has 0 radical (unpaired) electrons. The van der Waals surface area contributed by atoms with Crippen LogP contribution in [0, 0.1) is 11.6 Å². The second-order valence-electron chi connectivity index (χ2n) is 4.01. The molecular weight excluding hydrogens is 292 g/mol. The minimum absolute atomic E-state index is 0.322. The zero-order valence-corrected chi connectivity index (χ0v) is 11.7. The van der Waals surface area contributed by atoms with Gasteiger partial charge in [0.2, 0.25) is 15.9 Å². The van der Waals surface area contributed by atoms with Crippen molar-refractivity contribution < 1.29 is 22.0 Å². The van der Waals surface area contributed by atoms with E-state index in [1.165, 1.54) is 6.92 Å². The maximum absolute atomic E-state index is 13.7. The number of carbonyl (C=O) groups excluding carboxylic acids is 1. The summed E-state index contributed by atoms with van der Waals surface area (Å²) in [5, 5.41) is 2.41. The molecule has 1 rings (SSSR count). The molecule has 112 valence electrons. The number of nitrogens with one attached hydrogen (secondary N) is 2. The number of anilines is 1. The van der Waals surface area contributed by atoms with Gasteiger partial charge in [-0.2, -0.15) is 4.72 Å². The molecule has 0 aliphatic heterocycles. The van der Waals surface area contributed by atoms with Crippen molar-refractivity contribution in [1.29, 1.82) is 0 Å². The van der Waals surface area contributed by atoms with Crippen molar-refractivity contribution in [1.82, 2.24) is 10.0 Å². The van der Waals surface area contributed by atoms with E-state index in [2.05, 4.69) is 5.32 Å². The lowest BCUT2D eigenvalue weighted by Gasteiger charge is -2.14. The summed E-state index contributed by atoms with van der Waals surface area (Å²) >= 11 is 0. The number of nitrogens with two attached hydrogens (primary N) is 1. The van der Waals surface area contributed by atoms with E-state index in [0.717, 1.165) is 12.1 Å². The monoisotopic (exact) mass is 307 g/mol. The van der Waals surface area contributed by atoms with Crippen molar-refractivity contribution in [3.8, 4) is 0 Å². The van der Waals surface area contributed by atoms with Crippen molar-refractivity contribution in [2.45, 2.75) is 24.8 Å². The Morgan fingerprint density at radius 3 is 2.55 bits per heavy atom.